The number of carbonyl (C=O) groups is 1. The number of hydrogen-bond donors (Lipinski definition) is 2. The van der Waals surface area contributed by atoms with E-state index in [-0.39, 0.29) is 23.7 Å². The molecule has 0 bridgehead atoms. The molecule has 2 aromatic carbocycles. The minimum Gasteiger partial charge on any atom is -0.490 e. The quantitative estimate of drug-likeness (QED) is 0.345. The fraction of sp³-hybridized carbons (Fsp3) is 0.292. The highest BCUT2D eigenvalue weighted by Gasteiger charge is 2.31. The lowest BCUT2D eigenvalue weighted by atomic mass is 9.86. The van der Waals surface area contributed by atoms with Crippen LogP contribution < -0.4 is 20.3 Å². The van der Waals surface area contributed by atoms with Crippen molar-refractivity contribution in [1.29, 1.82) is 0 Å². The van der Waals surface area contributed by atoms with Crippen molar-refractivity contribution < 1.29 is 14.3 Å². The number of benzene rings is 2. The van der Waals surface area contributed by atoms with Crippen LogP contribution in [0.15, 0.2) is 52.4 Å². The lowest BCUT2D eigenvalue weighted by molar-refractivity contribution is -0.116. The number of anilines is 1. The first-order valence-corrected chi connectivity index (χ1v) is 12.1. The van der Waals surface area contributed by atoms with E-state index in [1.165, 1.54) is 11.8 Å². The van der Waals surface area contributed by atoms with Crippen LogP contribution in [0.25, 0.3) is 0 Å². The predicted molar refractivity (Wildman–Crippen MR) is 130 cm³/mol. The van der Waals surface area contributed by atoms with E-state index in [1.54, 1.807) is 0 Å². The molecule has 0 radical (unpaired) electrons. The smallest absolute Gasteiger partial charge is 0.257 e. The summed E-state index contributed by atoms with van der Waals surface area (Å²) in [6.45, 7) is 4.77. The van der Waals surface area contributed by atoms with Crippen molar-refractivity contribution in [2.45, 2.75) is 37.1 Å². The normalized spacial score (nSPS) is 15.0. The molecule has 0 saturated heterocycles. The maximum Gasteiger partial charge on any atom is 0.257 e. The molecular weight excluding hydrogens is 462 g/mol. The van der Waals surface area contributed by atoms with Gasteiger partial charge in [-0.05, 0) is 43.2 Å². The number of ether oxygens (including phenoxy) is 2. The van der Waals surface area contributed by atoms with Gasteiger partial charge in [0.15, 0.2) is 16.7 Å². The Morgan fingerprint density at radius 3 is 2.61 bits per heavy atom. The Morgan fingerprint density at radius 1 is 1.09 bits per heavy atom. The molecule has 3 aromatic rings. The van der Waals surface area contributed by atoms with Gasteiger partial charge < -0.3 is 19.8 Å². The van der Waals surface area contributed by atoms with Gasteiger partial charge in [-0.1, -0.05) is 47.6 Å². The van der Waals surface area contributed by atoms with Crippen LogP contribution in [0.3, 0.4) is 0 Å². The number of H-pyrrole nitrogens is 1. The second kappa shape index (κ2) is 10.3. The minimum absolute atomic E-state index is 0.142. The van der Waals surface area contributed by atoms with Gasteiger partial charge in [-0.3, -0.25) is 9.59 Å². The van der Waals surface area contributed by atoms with E-state index < -0.39 is 5.92 Å². The maximum absolute atomic E-state index is 13.1. The predicted octanol–water partition coefficient (Wildman–Crippen LogP) is 4.99. The van der Waals surface area contributed by atoms with Crippen molar-refractivity contribution in [2.75, 3.05) is 18.5 Å². The summed E-state index contributed by atoms with van der Waals surface area (Å²) in [5.41, 5.74) is 1.88. The van der Waals surface area contributed by atoms with Gasteiger partial charge in [0.25, 0.3) is 5.56 Å². The average Bonchev–Trinajstić information content (AvgIpc) is 2.79. The highest BCUT2D eigenvalue weighted by atomic mass is 35.5. The van der Waals surface area contributed by atoms with E-state index in [4.69, 9.17) is 21.1 Å². The van der Waals surface area contributed by atoms with Crippen molar-refractivity contribution in [3.8, 4) is 11.5 Å². The second-order valence-electron chi connectivity index (χ2n) is 7.39. The number of rotatable bonds is 8. The molecule has 0 saturated carbocycles. The second-order valence-corrected chi connectivity index (χ2v) is 8.76. The number of halogens is 1. The molecule has 4 rings (SSSR count). The van der Waals surface area contributed by atoms with E-state index in [0.717, 1.165) is 11.1 Å². The fourth-order valence-corrected chi connectivity index (χ4v) is 4.90. The van der Waals surface area contributed by atoms with E-state index in [0.29, 0.717) is 46.2 Å². The van der Waals surface area contributed by atoms with Gasteiger partial charge in [-0.15, -0.1) is 0 Å². The summed E-state index contributed by atoms with van der Waals surface area (Å²) in [5.74, 6) is 1.40. The largest absolute Gasteiger partial charge is 0.490 e. The monoisotopic (exact) mass is 485 g/mol. The standard InChI is InChI=1S/C24H24ClN3O4S/c1-3-31-18-10-9-14(11-19(18)32-4-2)16-12-20(29)26-22-21(16)23(30)28-24(27-22)33-13-15-7-5-6-8-17(15)25/h5-11,16H,3-4,12-13H2,1-2H3,(H2,26,27,28,29,30)/t16-/m1/s1. The molecule has 1 aliphatic heterocycles. The van der Waals surface area contributed by atoms with Gasteiger partial charge in [0, 0.05) is 23.1 Å². The van der Waals surface area contributed by atoms with E-state index >= 15 is 0 Å². The third kappa shape index (κ3) is 5.17. The number of thioether (sulfide) groups is 1. The number of nitrogens with one attached hydrogen (secondary N) is 2. The molecule has 0 aliphatic carbocycles. The molecule has 9 heteroatoms. The van der Waals surface area contributed by atoms with Crippen molar-refractivity contribution >= 4 is 35.1 Å². The fourth-order valence-electron chi connectivity index (χ4n) is 3.75. The first kappa shape index (κ1) is 23.2. The minimum atomic E-state index is -0.442. The number of aromatic amines is 1. The van der Waals surface area contributed by atoms with E-state index in [2.05, 4.69) is 15.3 Å². The number of carbonyl (C=O) groups excluding carboxylic acids is 1. The van der Waals surface area contributed by atoms with Crippen LogP contribution in [0, 0.1) is 0 Å². The molecular formula is C24H24ClN3O4S. The Hall–Kier alpha value is -2.97. The third-order valence-electron chi connectivity index (χ3n) is 5.22. The maximum atomic E-state index is 13.1. The zero-order valence-electron chi connectivity index (χ0n) is 18.3. The number of nitrogens with zero attached hydrogens (tertiary/aromatic N) is 1. The van der Waals surface area contributed by atoms with Crippen LogP contribution in [-0.2, 0) is 10.5 Å². The van der Waals surface area contributed by atoms with Gasteiger partial charge in [0.2, 0.25) is 5.91 Å². The molecule has 33 heavy (non-hydrogen) atoms. The van der Waals surface area contributed by atoms with Gasteiger partial charge in [0.1, 0.15) is 5.82 Å². The summed E-state index contributed by atoms with van der Waals surface area (Å²) >= 11 is 7.58. The molecule has 0 spiro atoms. The first-order valence-electron chi connectivity index (χ1n) is 10.7. The van der Waals surface area contributed by atoms with Gasteiger partial charge in [-0.2, -0.15) is 0 Å². The summed E-state index contributed by atoms with van der Waals surface area (Å²) in [6.07, 6.45) is 0.142. The van der Waals surface area contributed by atoms with Gasteiger partial charge >= 0.3 is 0 Å². The van der Waals surface area contributed by atoms with E-state index in [9.17, 15) is 9.59 Å². The third-order valence-corrected chi connectivity index (χ3v) is 6.51. The van der Waals surface area contributed by atoms with Crippen LogP contribution in [0.5, 0.6) is 11.5 Å². The molecule has 1 aliphatic rings. The molecule has 1 atom stereocenters. The van der Waals surface area contributed by atoms with Crippen molar-refractivity contribution in [3.63, 3.8) is 0 Å². The van der Waals surface area contributed by atoms with Crippen LogP contribution in [0.1, 0.15) is 42.9 Å². The number of amides is 1. The highest BCUT2D eigenvalue weighted by molar-refractivity contribution is 7.98. The number of aromatic nitrogens is 2. The molecule has 2 N–H and O–H groups in total. The van der Waals surface area contributed by atoms with Crippen LogP contribution in [-0.4, -0.2) is 29.1 Å². The zero-order chi connectivity index (χ0) is 23.4. The Morgan fingerprint density at radius 2 is 1.85 bits per heavy atom. The zero-order valence-corrected chi connectivity index (χ0v) is 19.9. The van der Waals surface area contributed by atoms with Crippen molar-refractivity contribution in [2.24, 2.45) is 0 Å². The Kier molecular flexibility index (Phi) is 7.25. The van der Waals surface area contributed by atoms with Crippen molar-refractivity contribution in [3.05, 3.63) is 74.5 Å². The Bertz CT molecular complexity index is 1230. The topological polar surface area (TPSA) is 93.3 Å². The Labute approximate surface area is 200 Å². The molecule has 2 heterocycles. The molecule has 0 fully saturated rings. The summed E-state index contributed by atoms with van der Waals surface area (Å²) in [6, 6.07) is 13.0. The number of hydrogen-bond acceptors (Lipinski definition) is 6. The van der Waals surface area contributed by atoms with Gasteiger partial charge in [-0.25, -0.2) is 4.98 Å². The summed E-state index contributed by atoms with van der Waals surface area (Å²) in [5, 5.41) is 3.83. The SMILES string of the molecule is CCOc1ccc([C@H]2CC(=O)Nc3nc(SCc4ccccc4Cl)[nH]c(=O)c32)cc1OCC. The Balaban J connectivity index is 1.66. The molecule has 7 nitrogen and oxygen atoms in total. The number of fused-ring (bicyclic) bond motifs is 1. The van der Waals surface area contributed by atoms with Crippen molar-refractivity contribution in [1.82, 2.24) is 9.97 Å². The molecule has 172 valence electrons. The summed E-state index contributed by atoms with van der Waals surface area (Å²) < 4.78 is 11.4. The van der Waals surface area contributed by atoms with E-state index in [1.807, 2.05) is 56.3 Å². The lowest BCUT2D eigenvalue weighted by Crippen LogP contribution is -2.31. The molecule has 1 aromatic heterocycles. The summed E-state index contributed by atoms with van der Waals surface area (Å²) in [4.78, 5) is 33.0. The van der Waals surface area contributed by atoms with Gasteiger partial charge in [0.05, 0.1) is 18.8 Å². The first-order chi connectivity index (χ1) is 16.0. The summed E-state index contributed by atoms with van der Waals surface area (Å²) in [7, 11) is 0. The van der Waals surface area contributed by atoms with Crippen LogP contribution in [0.2, 0.25) is 5.02 Å². The molecule has 1 amide bonds. The van der Waals surface area contributed by atoms with Crippen LogP contribution >= 0.6 is 23.4 Å². The highest BCUT2D eigenvalue weighted by Crippen LogP contribution is 2.38. The average molecular weight is 486 g/mol. The van der Waals surface area contributed by atoms with Crippen LogP contribution in [0.4, 0.5) is 5.82 Å². The molecule has 0 unspecified atom stereocenters. The lowest BCUT2D eigenvalue weighted by Gasteiger charge is -2.25.